The second kappa shape index (κ2) is 6.30. The van der Waals surface area contributed by atoms with E-state index in [2.05, 4.69) is 21.0 Å². The van der Waals surface area contributed by atoms with E-state index >= 15 is 0 Å². The van der Waals surface area contributed by atoms with E-state index in [1.54, 1.807) is 6.20 Å². The maximum Gasteiger partial charge on any atom is 0.410 e. The lowest BCUT2D eigenvalue weighted by Gasteiger charge is -2.35. The van der Waals surface area contributed by atoms with E-state index < -0.39 is 5.60 Å². The van der Waals surface area contributed by atoms with Crippen LogP contribution in [0.15, 0.2) is 36.8 Å². The van der Waals surface area contributed by atoms with Crippen LogP contribution in [0.5, 0.6) is 0 Å². The number of amides is 1. The highest BCUT2D eigenvalue weighted by atomic mass is 16.6. The fraction of sp³-hybridized carbons (Fsp3) is 0.526. The first kappa shape index (κ1) is 16.9. The smallest absolute Gasteiger partial charge is 0.410 e. The van der Waals surface area contributed by atoms with Crippen LogP contribution in [0.1, 0.15) is 32.8 Å². The minimum absolute atomic E-state index is 0.200. The Morgan fingerprint density at radius 3 is 2.77 bits per heavy atom. The van der Waals surface area contributed by atoms with Crippen LogP contribution in [0.3, 0.4) is 0 Å². The molecule has 2 bridgehead atoms. The summed E-state index contributed by atoms with van der Waals surface area (Å²) in [7, 11) is 0. The summed E-state index contributed by atoms with van der Waals surface area (Å²) in [6.07, 6.45) is 6.37. The van der Waals surface area contributed by atoms with E-state index in [1.807, 2.05) is 54.9 Å². The van der Waals surface area contributed by atoms with Gasteiger partial charge in [0.15, 0.2) is 0 Å². The third-order valence-electron chi connectivity index (χ3n) is 4.88. The van der Waals surface area contributed by atoms with Gasteiger partial charge in [0, 0.05) is 31.7 Å². The Hall–Kier alpha value is -2.57. The molecule has 4 rings (SSSR count). The van der Waals surface area contributed by atoms with Crippen molar-refractivity contribution < 1.29 is 9.53 Å². The molecule has 0 saturated carbocycles. The number of likely N-dealkylation sites (tertiary alicyclic amines) is 1. The summed E-state index contributed by atoms with van der Waals surface area (Å²) in [5.74, 6) is 0.978. The van der Waals surface area contributed by atoms with E-state index in [0.717, 1.165) is 25.3 Å². The lowest BCUT2D eigenvalue weighted by Crippen LogP contribution is -2.50. The van der Waals surface area contributed by atoms with Crippen LogP contribution in [0.4, 0.5) is 10.6 Å². The van der Waals surface area contributed by atoms with Gasteiger partial charge < -0.3 is 14.5 Å². The molecule has 2 aliphatic rings. The molecule has 7 nitrogen and oxygen atoms in total. The van der Waals surface area contributed by atoms with E-state index in [-0.39, 0.29) is 12.1 Å². The predicted octanol–water partition coefficient (Wildman–Crippen LogP) is 2.52. The van der Waals surface area contributed by atoms with Crippen LogP contribution in [0.2, 0.25) is 0 Å². The number of pyridine rings is 1. The van der Waals surface area contributed by atoms with Gasteiger partial charge >= 0.3 is 6.09 Å². The molecule has 138 valence electrons. The molecular formula is C19H25N5O2. The summed E-state index contributed by atoms with van der Waals surface area (Å²) in [4.78, 5) is 21.1. The van der Waals surface area contributed by atoms with Gasteiger partial charge in [-0.2, -0.15) is 5.10 Å². The van der Waals surface area contributed by atoms with E-state index in [4.69, 9.17) is 4.74 Å². The average molecular weight is 355 g/mol. The second-order valence-corrected chi connectivity index (χ2v) is 8.05. The topological polar surface area (TPSA) is 63.5 Å². The summed E-state index contributed by atoms with van der Waals surface area (Å²) in [5, 5.41) is 4.26. The number of nitrogens with zero attached hydrogens (tertiary/aromatic N) is 5. The third-order valence-corrected chi connectivity index (χ3v) is 4.88. The number of ether oxygens (including phenoxy) is 1. The summed E-state index contributed by atoms with van der Waals surface area (Å²) < 4.78 is 7.44. The largest absolute Gasteiger partial charge is 0.444 e. The maximum absolute atomic E-state index is 12.4. The van der Waals surface area contributed by atoms with Gasteiger partial charge in [0.05, 0.1) is 18.6 Å². The first-order valence-corrected chi connectivity index (χ1v) is 9.08. The van der Waals surface area contributed by atoms with E-state index in [9.17, 15) is 4.79 Å². The summed E-state index contributed by atoms with van der Waals surface area (Å²) in [6, 6.07) is 6.57. The summed E-state index contributed by atoms with van der Waals surface area (Å²) in [6.45, 7) is 7.95. The van der Waals surface area contributed by atoms with Gasteiger partial charge in [0.25, 0.3) is 0 Å². The lowest BCUT2D eigenvalue weighted by atomic mass is 10.2. The standard InChI is InChI=1S/C19H25N5O2/c1-19(2,3)26-18(25)24-13-15-10-16(24)12-23(15)17-9-14(5-7-20-17)11-22-8-4-6-21-22/h4-9,15-16H,10-13H2,1-3H3/t15-,16-/m0/s1. The number of carbonyl (C=O) groups is 1. The maximum atomic E-state index is 12.4. The van der Waals surface area contributed by atoms with Crippen LogP contribution in [-0.2, 0) is 11.3 Å². The Balaban J connectivity index is 1.43. The Bertz CT molecular complexity index is 783. The molecule has 0 aliphatic carbocycles. The van der Waals surface area contributed by atoms with Gasteiger partial charge in [0.1, 0.15) is 11.4 Å². The van der Waals surface area contributed by atoms with Crippen molar-refractivity contribution in [1.82, 2.24) is 19.7 Å². The van der Waals surface area contributed by atoms with Gasteiger partial charge in [0.2, 0.25) is 0 Å². The molecule has 0 N–H and O–H groups in total. The van der Waals surface area contributed by atoms with Crippen molar-refractivity contribution in [3.8, 4) is 0 Å². The SMILES string of the molecule is CC(C)(C)OC(=O)N1C[C@@H]2C[C@H]1CN2c1cc(Cn2cccn2)ccn1. The van der Waals surface area contributed by atoms with Gasteiger partial charge in [-0.3, -0.25) is 4.68 Å². The van der Waals surface area contributed by atoms with Crippen LogP contribution >= 0.6 is 0 Å². The summed E-state index contributed by atoms with van der Waals surface area (Å²) in [5.41, 5.74) is 0.714. The lowest BCUT2D eigenvalue weighted by molar-refractivity contribution is 0.0214. The van der Waals surface area contributed by atoms with Crippen molar-refractivity contribution in [2.24, 2.45) is 0 Å². The molecule has 2 saturated heterocycles. The number of piperazine rings is 1. The molecular weight excluding hydrogens is 330 g/mol. The molecule has 7 heteroatoms. The number of fused-ring (bicyclic) bond motifs is 2. The fourth-order valence-corrected chi connectivity index (χ4v) is 3.79. The highest BCUT2D eigenvalue weighted by Gasteiger charge is 2.46. The summed E-state index contributed by atoms with van der Waals surface area (Å²) >= 11 is 0. The zero-order chi connectivity index (χ0) is 18.3. The first-order chi connectivity index (χ1) is 12.4. The minimum Gasteiger partial charge on any atom is -0.444 e. The molecule has 2 atom stereocenters. The molecule has 2 aromatic heterocycles. The van der Waals surface area contributed by atoms with E-state index in [0.29, 0.717) is 12.6 Å². The molecule has 0 aromatic carbocycles. The normalized spacial score (nSPS) is 22.1. The van der Waals surface area contributed by atoms with Crippen molar-refractivity contribution in [3.63, 3.8) is 0 Å². The first-order valence-electron chi connectivity index (χ1n) is 9.08. The van der Waals surface area contributed by atoms with Gasteiger partial charge in [-0.25, -0.2) is 9.78 Å². The predicted molar refractivity (Wildman–Crippen MR) is 98.0 cm³/mol. The number of hydrogen-bond acceptors (Lipinski definition) is 5. The van der Waals surface area contributed by atoms with Gasteiger partial charge in [-0.05, 0) is 51.0 Å². The highest BCUT2D eigenvalue weighted by Crippen LogP contribution is 2.34. The Kier molecular flexibility index (Phi) is 4.09. The Morgan fingerprint density at radius 2 is 2.12 bits per heavy atom. The highest BCUT2D eigenvalue weighted by molar-refractivity contribution is 5.70. The molecule has 4 heterocycles. The molecule has 2 aliphatic heterocycles. The number of hydrogen-bond donors (Lipinski definition) is 0. The van der Waals surface area contributed by atoms with Gasteiger partial charge in [-0.1, -0.05) is 0 Å². The third kappa shape index (κ3) is 3.38. The van der Waals surface area contributed by atoms with Crippen LogP contribution in [0, 0.1) is 0 Å². The number of rotatable bonds is 3. The van der Waals surface area contributed by atoms with Crippen molar-refractivity contribution in [2.75, 3.05) is 18.0 Å². The number of carbonyl (C=O) groups excluding carboxylic acids is 1. The van der Waals surface area contributed by atoms with Crippen LogP contribution in [-0.4, -0.2) is 56.5 Å². The quantitative estimate of drug-likeness (QED) is 0.847. The molecule has 0 unspecified atom stereocenters. The fourth-order valence-electron chi connectivity index (χ4n) is 3.79. The zero-order valence-corrected chi connectivity index (χ0v) is 15.5. The van der Waals surface area contributed by atoms with Crippen LogP contribution in [0.25, 0.3) is 0 Å². The zero-order valence-electron chi connectivity index (χ0n) is 15.5. The molecule has 0 radical (unpaired) electrons. The van der Waals surface area contributed by atoms with Crippen molar-refractivity contribution in [2.45, 2.75) is 51.4 Å². The van der Waals surface area contributed by atoms with Crippen LogP contribution < -0.4 is 4.90 Å². The molecule has 2 fully saturated rings. The van der Waals surface area contributed by atoms with Crippen molar-refractivity contribution in [3.05, 3.63) is 42.4 Å². The van der Waals surface area contributed by atoms with Crippen molar-refractivity contribution in [1.29, 1.82) is 0 Å². The second-order valence-electron chi connectivity index (χ2n) is 8.05. The number of aromatic nitrogens is 3. The average Bonchev–Trinajstić information content (AvgIpc) is 3.30. The van der Waals surface area contributed by atoms with E-state index in [1.165, 1.54) is 5.56 Å². The molecule has 0 spiro atoms. The monoisotopic (exact) mass is 355 g/mol. The molecule has 26 heavy (non-hydrogen) atoms. The van der Waals surface area contributed by atoms with Crippen molar-refractivity contribution >= 4 is 11.9 Å². The minimum atomic E-state index is -0.457. The molecule has 1 amide bonds. The number of anilines is 1. The molecule has 2 aromatic rings. The Morgan fingerprint density at radius 1 is 1.27 bits per heavy atom. The van der Waals surface area contributed by atoms with Gasteiger partial charge in [-0.15, -0.1) is 0 Å². The Labute approximate surface area is 153 Å².